The number of carbonyl (C=O) groups is 1. The SMILES string of the molecule is O=C(C1CCCCC1)N1CCC(C(O)CC2c3ccccc3-c3cncn32)CC1. The quantitative estimate of drug-likeness (QED) is 0.853. The zero-order chi connectivity index (χ0) is 19.8. The predicted octanol–water partition coefficient (Wildman–Crippen LogP) is 4.02. The topological polar surface area (TPSA) is 58.4 Å². The van der Waals surface area contributed by atoms with E-state index in [1.165, 1.54) is 30.4 Å². The lowest BCUT2D eigenvalue weighted by Crippen LogP contribution is -2.44. The summed E-state index contributed by atoms with van der Waals surface area (Å²) in [4.78, 5) is 19.2. The van der Waals surface area contributed by atoms with Crippen molar-refractivity contribution < 1.29 is 9.90 Å². The highest BCUT2D eigenvalue weighted by Gasteiger charge is 2.35. The standard InChI is InChI=1S/C24H31N3O2/c28-23(14-21-19-8-4-5-9-20(19)22-15-25-16-27(21)22)17-10-12-26(13-11-17)24(29)18-6-2-1-3-7-18/h4-5,8-9,15-18,21,23,28H,1-3,6-7,10-14H2. The van der Waals surface area contributed by atoms with Crippen molar-refractivity contribution in [1.82, 2.24) is 14.5 Å². The average Bonchev–Trinajstić information content (AvgIpc) is 3.37. The first kappa shape index (κ1) is 18.9. The number of carbonyl (C=O) groups excluding carboxylic acids is 1. The summed E-state index contributed by atoms with van der Waals surface area (Å²) in [5, 5.41) is 11.1. The van der Waals surface area contributed by atoms with Gasteiger partial charge in [-0.3, -0.25) is 4.79 Å². The van der Waals surface area contributed by atoms with E-state index >= 15 is 0 Å². The van der Waals surface area contributed by atoms with Crippen LogP contribution in [0.4, 0.5) is 0 Å². The molecule has 0 radical (unpaired) electrons. The van der Waals surface area contributed by atoms with E-state index in [0.29, 0.717) is 12.3 Å². The number of aromatic nitrogens is 2. The van der Waals surface area contributed by atoms with Crippen LogP contribution in [-0.4, -0.2) is 44.7 Å². The van der Waals surface area contributed by atoms with E-state index in [1.54, 1.807) is 0 Å². The van der Waals surface area contributed by atoms with Crippen LogP contribution in [0.15, 0.2) is 36.8 Å². The summed E-state index contributed by atoms with van der Waals surface area (Å²) in [7, 11) is 0. The van der Waals surface area contributed by atoms with Crippen molar-refractivity contribution in [2.45, 2.75) is 63.5 Å². The zero-order valence-corrected chi connectivity index (χ0v) is 17.0. The molecule has 2 atom stereocenters. The molecule has 29 heavy (non-hydrogen) atoms. The second-order valence-electron chi connectivity index (χ2n) is 9.09. The maximum absolute atomic E-state index is 12.8. The zero-order valence-electron chi connectivity index (χ0n) is 17.0. The van der Waals surface area contributed by atoms with Gasteiger partial charge in [0.15, 0.2) is 0 Å². The first-order valence-electron chi connectivity index (χ1n) is 11.3. The summed E-state index contributed by atoms with van der Waals surface area (Å²) in [6.07, 6.45) is 11.8. The fourth-order valence-corrected chi connectivity index (χ4v) is 5.71. The molecule has 1 aromatic heterocycles. The Labute approximate surface area is 172 Å². The lowest BCUT2D eigenvalue weighted by Gasteiger charge is -2.37. The molecule has 1 saturated heterocycles. The molecule has 1 amide bonds. The van der Waals surface area contributed by atoms with E-state index in [0.717, 1.165) is 44.5 Å². The van der Waals surface area contributed by atoms with Crippen LogP contribution in [0.5, 0.6) is 0 Å². The van der Waals surface area contributed by atoms with Crippen LogP contribution in [0.1, 0.15) is 63.0 Å². The van der Waals surface area contributed by atoms with E-state index in [2.05, 4.69) is 38.7 Å². The third-order valence-electron chi connectivity index (χ3n) is 7.41. The first-order valence-corrected chi connectivity index (χ1v) is 11.3. The molecule has 0 spiro atoms. The molecule has 2 unspecified atom stereocenters. The minimum absolute atomic E-state index is 0.153. The van der Waals surface area contributed by atoms with Gasteiger partial charge in [-0.05, 0) is 43.6 Å². The van der Waals surface area contributed by atoms with Gasteiger partial charge in [-0.1, -0.05) is 43.5 Å². The number of aliphatic hydroxyl groups is 1. The first-order chi connectivity index (χ1) is 14.2. The second kappa shape index (κ2) is 7.94. The van der Waals surface area contributed by atoms with Crippen LogP contribution in [0.3, 0.4) is 0 Å². The third kappa shape index (κ3) is 3.50. The van der Waals surface area contributed by atoms with Crippen LogP contribution >= 0.6 is 0 Å². The highest BCUT2D eigenvalue weighted by atomic mass is 16.3. The summed E-state index contributed by atoms with van der Waals surface area (Å²) in [6.45, 7) is 1.60. The molecule has 3 heterocycles. The fourth-order valence-electron chi connectivity index (χ4n) is 5.71. The summed E-state index contributed by atoms with van der Waals surface area (Å²) in [5.74, 6) is 0.885. The van der Waals surface area contributed by atoms with Gasteiger partial charge in [0.2, 0.25) is 5.91 Å². The highest BCUT2D eigenvalue weighted by molar-refractivity contribution is 5.79. The van der Waals surface area contributed by atoms with Crippen molar-refractivity contribution in [2.24, 2.45) is 11.8 Å². The Morgan fingerprint density at radius 1 is 1.10 bits per heavy atom. The van der Waals surface area contributed by atoms with Crippen molar-refractivity contribution in [1.29, 1.82) is 0 Å². The van der Waals surface area contributed by atoms with E-state index in [9.17, 15) is 9.90 Å². The number of hydrogen-bond acceptors (Lipinski definition) is 3. The monoisotopic (exact) mass is 393 g/mol. The minimum atomic E-state index is -0.353. The van der Waals surface area contributed by atoms with Crippen LogP contribution in [0.2, 0.25) is 0 Å². The van der Waals surface area contributed by atoms with Gasteiger partial charge in [0.1, 0.15) is 0 Å². The van der Waals surface area contributed by atoms with Crippen molar-refractivity contribution in [3.05, 3.63) is 42.4 Å². The van der Waals surface area contributed by atoms with E-state index in [1.807, 2.05) is 12.5 Å². The number of imidazole rings is 1. The molecule has 2 fully saturated rings. The average molecular weight is 394 g/mol. The van der Waals surface area contributed by atoms with E-state index in [-0.39, 0.29) is 24.0 Å². The third-order valence-corrected chi connectivity index (χ3v) is 7.41. The number of fused-ring (bicyclic) bond motifs is 3. The van der Waals surface area contributed by atoms with Gasteiger partial charge >= 0.3 is 0 Å². The summed E-state index contributed by atoms with van der Waals surface area (Å²) >= 11 is 0. The number of rotatable bonds is 4. The molecule has 5 heteroatoms. The number of piperidine rings is 1. The van der Waals surface area contributed by atoms with Gasteiger partial charge in [-0.15, -0.1) is 0 Å². The molecular formula is C24H31N3O2. The Bertz CT molecular complexity index is 863. The molecule has 2 aromatic rings. The van der Waals surface area contributed by atoms with E-state index in [4.69, 9.17) is 0 Å². The highest BCUT2D eigenvalue weighted by Crippen LogP contribution is 2.42. The summed E-state index contributed by atoms with van der Waals surface area (Å²) < 4.78 is 2.20. The Balaban J connectivity index is 1.21. The maximum Gasteiger partial charge on any atom is 0.225 e. The number of aliphatic hydroxyl groups excluding tert-OH is 1. The Hall–Kier alpha value is -2.14. The van der Waals surface area contributed by atoms with Gasteiger partial charge in [-0.2, -0.15) is 0 Å². The fraction of sp³-hybridized carbons (Fsp3) is 0.583. The smallest absolute Gasteiger partial charge is 0.225 e. The number of likely N-dealkylation sites (tertiary alicyclic amines) is 1. The number of hydrogen-bond donors (Lipinski definition) is 1. The Morgan fingerprint density at radius 2 is 1.86 bits per heavy atom. The lowest BCUT2D eigenvalue weighted by molar-refractivity contribution is -0.138. The molecule has 1 N–H and O–H groups in total. The van der Waals surface area contributed by atoms with Gasteiger partial charge in [0, 0.05) is 24.6 Å². The van der Waals surface area contributed by atoms with Gasteiger partial charge in [-0.25, -0.2) is 4.98 Å². The Morgan fingerprint density at radius 3 is 2.66 bits per heavy atom. The predicted molar refractivity (Wildman–Crippen MR) is 112 cm³/mol. The van der Waals surface area contributed by atoms with Gasteiger partial charge < -0.3 is 14.6 Å². The van der Waals surface area contributed by atoms with E-state index < -0.39 is 0 Å². The summed E-state index contributed by atoms with van der Waals surface area (Å²) in [5.41, 5.74) is 3.66. The molecular weight excluding hydrogens is 362 g/mol. The summed E-state index contributed by atoms with van der Waals surface area (Å²) in [6, 6.07) is 8.61. The second-order valence-corrected chi connectivity index (χ2v) is 9.09. The van der Waals surface area contributed by atoms with Crippen LogP contribution in [-0.2, 0) is 4.79 Å². The molecule has 154 valence electrons. The van der Waals surface area contributed by atoms with Crippen molar-refractivity contribution in [3.8, 4) is 11.3 Å². The van der Waals surface area contributed by atoms with Crippen LogP contribution in [0.25, 0.3) is 11.3 Å². The van der Waals surface area contributed by atoms with Gasteiger partial charge in [0.25, 0.3) is 0 Å². The number of nitrogens with zero attached hydrogens (tertiary/aromatic N) is 3. The van der Waals surface area contributed by atoms with Gasteiger partial charge in [0.05, 0.1) is 30.4 Å². The lowest BCUT2D eigenvalue weighted by atomic mass is 9.84. The minimum Gasteiger partial charge on any atom is -0.393 e. The molecule has 5 rings (SSSR count). The molecule has 5 nitrogen and oxygen atoms in total. The van der Waals surface area contributed by atoms with Crippen molar-refractivity contribution in [2.75, 3.05) is 13.1 Å². The van der Waals surface area contributed by atoms with Crippen LogP contribution < -0.4 is 0 Å². The number of benzene rings is 1. The molecule has 0 bridgehead atoms. The molecule has 2 aliphatic heterocycles. The Kier molecular flexibility index (Phi) is 5.17. The van der Waals surface area contributed by atoms with Crippen molar-refractivity contribution >= 4 is 5.91 Å². The number of amides is 1. The molecule has 1 saturated carbocycles. The normalized spacial score (nSPS) is 23.6. The van der Waals surface area contributed by atoms with Crippen molar-refractivity contribution in [3.63, 3.8) is 0 Å². The molecule has 1 aliphatic carbocycles. The van der Waals surface area contributed by atoms with Crippen LogP contribution in [0, 0.1) is 11.8 Å². The maximum atomic E-state index is 12.8. The largest absolute Gasteiger partial charge is 0.393 e. The molecule has 3 aliphatic rings. The molecule has 1 aromatic carbocycles.